The van der Waals surface area contributed by atoms with Gasteiger partial charge in [0.05, 0.1) is 49.5 Å². The summed E-state index contributed by atoms with van der Waals surface area (Å²) in [6, 6.07) is 10.4. The van der Waals surface area contributed by atoms with E-state index in [0.717, 1.165) is 24.5 Å². The second kappa shape index (κ2) is 8.65. The zero-order valence-electron chi connectivity index (χ0n) is 17.4. The molecule has 4 rings (SSSR count). The van der Waals surface area contributed by atoms with E-state index in [9.17, 15) is 14.4 Å². The first kappa shape index (κ1) is 20.7. The SMILES string of the molecule is COC(=O)c1cc(N2CCOCC2)ccc1NC(=O)c1ccc2c(c1)NC(=O)CN2C. The fraction of sp³-hybridized carbons (Fsp3) is 0.318. The second-order valence-electron chi connectivity index (χ2n) is 7.41. The Morgan fingerprint density at radius 3 is 2.65 bits per heavy atom. The van der Waals surface area contributed by atoms with Crippen LogP contribution in [-0.4, -0.2) is 64.8 Å². The molecule has 162 valence electrons. The lowest BCUT2D eigenvalue weighted by Gasteiger charge is -2.29. The molecule has 0 atom stereocenters. The van der Waals surface area contributed by atoms with E-state index >= 15 is 0 Å². The highest BCUT2D eigenvalue weighted by Crippen LogP contribution is 2.30. The first-order valence-corrected chi connectivity index (χ1v) is 9.97. The molecule has 2 aliphatic heterocycles. The fourth-order valence-electron chi connectivity index (χ4n) is 3.73. The van der Waals surface area contributed by atoms with Crippen molar-refractivity contribution >= 4 is 40.5 Å². The van der Waals surface area contributed by atoms with Gasteiger partial charge in [-0.25, -0.2) is 4.79 Å². The molecule has 0 spiro atoms. The number of esters is 1. The Labute approximate surface area is 179 Å². The van der Waals surface area contributed by atoms with Gasteiger partial charge in [-0.15, -0.1) is 0 Å². The lowest BCUT2D eigenvalue weighted by Crippen LogP contribution is -2.36. The van der Waals surface area contributed by atoms with Gasteiger partial charge in [-0.3, -0.25) is 9.59 Å². The number of amides is 2. The number of nitrogens with one attached hydrogen (secondary N) is 2. The topological polar surface area (TPSA) is 100 Å². The summed E-state index contributed by atoms with van der Waals surface area (Å²) in [7, 11) is 3.12. The van der Waals surface area contributed by atoms with E-state index < -0.39 is 11.9 Å². The number of methoxy groups -OCH3 is 1. The van der Waals surface area contributed by atoms with E-state index in [4.69, 9.17) is 9.47 Å². The summed E-state index contributed by atoms with van der Waals surface area (Å²) in [5.74, 6) is -1.07. The minimum absolute atomic E-state index is 0.140. The molecule has 1 saturated heterocycles. The van der Waals surface area contributed by atoms with Gasteiger partial charge in [0, 0.05) is 31.4 Å². The Kier molecular flexibility index (Phi) is 5.77. The highest BCUT2D eigenvalue weighted by Gasteiger charge is 2.22. The number of anilines is 4. The molecule has 1 fully saturated rings. The number of carbonyl (C=O) groups is 3. The van der Waals surface area contributed by atoms with Gasteiger partial charge in [0.1, 0.15) is 0 Å². The third-order valence-corrected chi connectivity index (χ3v) is 5.36. The quantitative estimate of drug-likeness (QED) is 0.724. The van der Waals surface area contributed by atoms with E-state index in [2.05, 4.69) is 15.5 Å². The van der Waals surface area contributed by atoms with Crippen LogP contribution in [0.5, 0.6) is 0 Å². The number of carbonyl (C=O) groups excluding carboxylic acids is 3. The third-order valence-electron chi connectivity index (χ3n) is 5.36. The Morgan fingerprint density at radius 2 is 1.90 bits per heavy atom. The lowest BCUT2D eigenvalue weighted by molar-refractivity contribution is -0.115. The van der Waals surface area contributed by atoms with E-state index in [0.29, 0.717) is 30.2 Å². The van der Waals surface area contributed by atoms with Crippen LogP contribution < -0.4 is 20.4 Å². The van der Waals surface area contributed by atoms with Crippen molar-refractivity contribution in [3.8, 4) is 0 Å². The Bertz CT molecular complexity index is 1030. The van der Waals surface area contributed by atoms with Gasteiger partial charge in [0.15, 0.2) is 0 Å². The molecule has 2 aliphatic rings. The average molecular weight is 424 g/mol. The molecule has 2 amide bonds. The van der Waals surface area contributed by atoms with Gasteiger partial charge in [0.2, 0.25) is 5.91 Å². The number of hydrogen-bond acceptors (Lipinski definition) is 7. The van der Waals surface area contributed by atoms with Gasteiger partial charge in [0.25, 0.3) is 5.91 Å². The number of fused-ring (bicyclic) bond motifs is 1. The molecule has 0 aliphatic carbocycles. The standard InChI is InChI=1S/C22H24N4O5/c1-25-13-20(27)23-18-11-14(3-6-19(18)25)21(28)24-17-5-4-15(12-16(17)22(29)30-2)26-7-9-31-10-8-26/h3-6,11-12H,7-10,13H2,1-2H3,(H,23,27)(H,24,28). The average Bonchev–Trinajstić information content (AvgIpc) is 2.78. The Hall–Kier alpha value is -3.59. The smallest absolute Gasteiger partial charge is 0.340 e. The van der Waals surface area contributed by atoms with Crippen molar-refractivity contribution in [1.82, 2.24) is 0 Å². The molecule has 9 heteroatoms. The van der Waals surface area contributed by atoms with Crippen molar-refractivity contribution in [3.63, 3.8) is 0 Å². The summed E-state index contributed by atoms with van der Waals surface area (Å²) in [5.41, 5.74) is 3.26. The number of likely N-dealkylation sites (N-methyl/N-ethyl adjacent to an activating group) is 1. The number of morpholine rings is 1. The molecule has 9 nitrogen and oxygen atoms in total. The maximum Gasteiger partial charge on any atom is 0.340 e. The van der Waals surface area contributed by atoms with Crippen LogP contribution in [0, 0.1) is 0 Å². The van der Waals surface area contributed by atoms with E-state index in [-0.39, 0.29) is 18.0 Å². The largest absolute Gasteiger partial charge is 0.465 e. The minimum atomic E-state index is -0.537. The summed E-state index contributed by atoms with van der Waals surface area (Å²) in [6.45, 7) is 2.95. The summed E-state index contributed by atoms with van der Waals surface area (Å²) < 4.78 is 10.3. The molecule has 2 heterocycles. The monoisotopic (exact) mass is 424 g/mol. The van der Waals surface area contributed by atoms with E-state index in [1.54, 1.807) is 30.3 Å². The highest BCUT2D eigenvalue weighted by molar-refractivity contribution is 6.10. The number of ether oxygens (including phenoxy) is 2. The molecule has 2 aromatic carbocycles. The third kappa shape index (κ3) is 4.31. The molecule has 0 radical (unpaired) electrons. The van der Waals surface area contributed by atoms with Crippen molar-refractivity contribution in [2.45, 2.75) is 0 Å². The van der Waals surface area contributed by atoms with Gasteiger partial charge in [-0.1, -0.05) is 0 Å². The molecule has 0 saturated carbocycles. The predicted molar refractivity (Wildman–Crippen MR) is 117 cm³/mol. The zero-order chi connectivity index (χ0) is 22.0. The van der Waals surface area contributed by atoms with Gasteiger partial charge in [-0.05, 0) is 36.4 Å². The fourth-order valence-corrected chi connectivity index (χ4v) is 3.73. The van der Waals surface area contributed by atoms with Crippen molar-refractivity contribution in [1.29, 1.82) is 0 Å². The van der Waals surface area contributed by atoms with Crippen molar-refractivity contribution < 1.29 is 23.9 Å². The normalized spacial score (nSPS) is 15.7. The van der Waals surface area contributed by atoms with Crippen LogP contribution in [0.15, 0.2) is 36.4 Å². The molecular weight excluding hydrogens is 400 g/mol. The molecule has 0 unspecified atom stereocenters. The summed E-state index contributed by atoms with van der Waals surface area (Å²) in [6.07, 6.45) is 0. The van der Waals surface area contributed by atoms with Crippen LogP contribution in [0.1, 0.15) is 20.7 Å². The number of benzene rings is 2. The summed E-state index contributed by atoms with van der Waals surface area (Å²) >= 11 is 0. The number of rotatable bonds is 4. The molecule has 0 bridgehead atoms. The maximum absolute atomic E-state index is 12.9. The molecular formula is C22H24N4O5. The minimum Gasteiger partial charge on any atom is -0.465 e. The van der Waals surface area contributed by atoms with E-state index in [1.807, 2.05) is 18.0 Å². The van der Waals surface area contributed by atoms with Crippen molar-refractivity contribution in [2.24, 2.45) is 0 Å². The van der Waals surface area contributed by atoms with Crippen LogP contribution in [-0.2, 0) is 14.3 Å². The van der Waals surface area contributed by atoms with Crippen LogP contribution in [0.25, 0.3) is 0 Å². The van der Waals surface area contributed by atoms with Gasteiger partial charge in [-0.2, -0.15) is 0 Å². The number of nitrogens with zero attached hydrogens (tertiary/aromatic N) is 2. The molecule has 31 heavy (non-hydrogen) atoms. The van der Waals surface area contributed by atoms with Crippen LogP contribution in [0.3, 0.4) is 0 Å². The van der Waals surface area contributed by atoms with Crippen LogP contribution in [0.4, 0.5) is 22.7 Å². The van der Waals surface area contributed by atoms with Crippen molar-refractivity contribution in [3.05, 3.63) is 47.5 Å². The van der Waals surface area contributed by atoms with Gasteiger partial charge >= 0.3 is 5.97 Å². The Morgan fingerprint density at radius 1 is 1.13 bits per heavy atom. The van der Waals surface area contributed by atoms with Crippen molar-refractivity contribution in [2.75, 3.05) is 67.4 Å². The molecule has 2 aromatic rings. The van der Waals surface area contributed by atoms with Crippen LogP contribution >= 0.6 is 0 Å². The predicted octanol–water partition coefficient (Wildman–Crippen LogP) is 1.95. The van der Waals surface area contributed by atoms with E-state index in [1.165, 1.54) is 7.11 Å². The first-order chi connectivity index (χ1) is 15.0. The Balaban J connectivity index is 1.59. The summed E-state index contributed by atoms with van der Waals surface area (Å²) in [4.78, 5) is 41.0. The lowest BCUT2D eigenvalue weighted by atomic mass is 10.1. The van der Waals surface area contributed by atoms with Gasteiger partial charge < -0.3 is 29.9 Å². The second-order valence-corrected chi connectivity index (χ2v) is 7.41. The molecule has 0 aromatic heterocycles. The zero-order valence-corrected chi connectivity index (χ0v) is 17.4. The maximum atomic E-state index is 12.9. The first-order valence-electron chi connectivity index (χ1n) is 9.97. The number of hydrogen-bond donors (Lipinski definition) is 2. The summed E-state index contributed by atoms with van der Waals surface area (Å²) in [5, 5.41) is 5.57. The molecule has 2 N–H and O–H groups in total. The highest BCUT2D eigenvalue weighted by atomic mass is 16.5. The van der Waals surface area contributed by atoms with Crippen LogP contribution in [0.2, 0.25) is 0 Å².